The summed E-state index contributed by atoms with van der Waals surface area (Å²) in [5, 5.41) is 11.0. The number of aromatic nitrogens is 2. The van der Waals surface area contributed by atoms with Crippen LogP contribution in [0.4, 0.5) is 0 Å². The number of hydrogen-bond acceptors (Lipinski definition) is 4. The van der Waals surface area contributed by atoms with Crippen LogP contribution in [0.3, 0.4) is 0 Å². The van der Waals surface area contributed by atoms with Gasteiger partial charge in [0.1, 0.15) is 0 Å². The van der Waals surface area contributed by atoms with Crippen LogP contribution < -0.4 is 5.32 Å². The Bertz CT molecular complexity index is 658. The molecule has 1 amide bonds. The Hall–Kier alpha value is -1.92. The molecule has 6 heteroatoms. The minimum absolute atomic E-state index is 0.0137. The zero-order chi connectivity index (χ0) is 16.2. The summed E-state index contributed by atoms with van der Waals surface area (Å²) in [5.41, 5.74) is 1.66. The lowest BCUT2D eigenvalue weighted by Gasteiger charge is -2.32. The quantitative estimate of drug-likeness (QED) is 0.873. The van der Waals surface area contributed by atoms with Gasteiger partial charge in [0.15, 0.2) is 0 Å². The molecule has 1 aliphatic rings. The number of fused-ring (bicyclic) bond motifs is 1. The first-order chi connectivity index (χ1) is 11.1. The van der Waals surface area contributed by atoms with E-state index in [0.717, 1.165) is 49.9 Å². The van der Waals surface area contributed by atoms with E-state index < -0.39 is 0 Å². The maximum atomic E-state index is 12.4. The molecule has 2 heterocycles. The second-order valence-electron chi connectivity index (χ2n) is 6.56. The van der Waals surface area contributed by atoms with Crippen LogP contribution in [0.15, 0.2) is 24.4 Å². The Morgan fingerprint density at radius 1 is 1.39 bits per heavy atom. The average molecular weight is 315 g/mol. The first kappa shape index (κ1) is 16.0. The SMILES string of the molecule is CN(C)CCN1CCC(NC(=O)c2ccc3[nH]ncc3c2)CC1. The molecular weight excluding hydrogens is 290 g/mol. The Labute approximate surface area is 136 Å². The molecule has 0 bridgehead atoms. The number of nitrogens with zero attached hydrogens (tertiary/aromatic N) is 3. The Morgan fingerprint density at radius 3 is 2.91 bits per heavy atom. The van der Waals surface area contributed by atoms with Crippen molar-refractivity contribution in [3.05, 3.63) is 30.0 Å². The van der Waals surface area contributed by atoms with Gasteiger partial charge in [0.25, 0.3) is 5.91 Å². The Kier molecular flexibility index (Phi) is 4.93. The highest BCUT2D eigenvalue weighted by Crippen LogP contribution is 2.15. The van der Waals surface area contributed by atoms with Gasteiger partial charge in [-0.05, 0) is 45.1 Å². The van der Waals surface area contributed by atoms with E-state index in [-0.39, 0.29) is 11.9 Å². The summed E-state index contributed by atoms with van der Waals surface area (Å²) in [6.45, 7) is 4.30. The highest BCUT2D eigenvalue weighted by atomic mass is 16.1. The predicted octanol–water partition coefficient (Wildman–Crippen LogP) is 1.32. The van der Waals surface area contributed by atoms with Gasteiger partial charge in [-0.25, -0.2) is 0 Å². The van der Waals surface area contributed by atoms with E-state index in [1.165, 1.54) is 0 Å². The lowest BCUT2D eigenvalue weighted by Crippen LogP contribution is -2.46. The van der Waals surface area contributed by atoms with E-state index in [4.69, 9.17) is 0 Å². The third-order valence-electron chi connectivity index (χ3n) is 4.49. The van der Waals surface area contributed by atoms with Crippen LogP contribution in [0.25, 0.3) is 10.9 Å². The summed E-state index contributed by atoms with van der Waals surface area (Å²) in [6, 6.07) is 5.92. The van der Waals surface area contributed by atoms with E-state index in [2.05, 4.69) is 39.4 Å². The van der Waals surface area contributed by atoms with Crippen LogP contribution in [0.1, 0.15) is 23.2 Å². The molecule has 124 valence electrons. The molecule has 0 aliphatic carbocycles. The van der Waals surface area contributed by atoms with Crippen molar-refractivity contribution in [3.63, 3.8) is 0 Å². The Morgan fingerprint density at radius 2 is 2.17 bits per heavy atom. The standard InChI is InChI=1S/C17H25N5O/c1-21(2)9-10-22-7-5-15(6-8-22)19-17(23)13-3-4-16-14(11-13)12-18-20-16/h3-4,11-12,15H,5-10H2,1-2H3,(H,18,20)(H,19,23). The summed E-state index contributed by atoms with van der Waals surface area (Å²) < 4.78 is 0. The van der Waals surface area contributed by atoms with Crippen molar-refractivity contribution in [1.29, 1.82) is 0 Å². The number of aromatic amines is 1. The van der Waals surface area contributed by atoms with Crippen LogP contribution in [0.2, 0.25) is 0 Å². The molecule has 2 N–H and O–H groups in total. The van der Waals surface area contributed by atoms with E-state index in [9.17, 15) is 4.79 Å². The van der Waals surface area contributed by atoms with E-state index >= 15 is 0 Å². The predicted molar refractivity (Wildman–Crippen MR) is 91.6 cm³/mol. The normalized spacial score (nSPS) is 17.0. The van der Waals surface area contributed by atoms with Crippen molar-refractivity contribution < 1.29 is 4.79 Å². The summed E-state index contributed by atoms with van der Waals surface area (Å²) in [5.74, 6) is 0.0137. The molecule has 6 nitrogen and oxygen atoms in total. The average Bonchev–Trinajstić information content (AvgIpc) is 3.01. The molecule has 23 heavy (non-hydrogen) atoms. The molecule has 0 saturated carbocycles. The van der Waals surface area contributed by atoms with Crippen molar-refractivity contribution in [3.8, 4) is 0 Å². The maximum Gasteiger partial charge on any atom is 0.251 e. The third kappa shape index (κ3) is 4.09. The molecular formula is C17H25N5O. The smallest absolute Gasteiger partial charge is 0.251 e. The van der Waals surface area contributed by atoms with Gasteiger partial charge >= 0.3 is 0 Å². The lowest BCUT2D eigenvalue weighted by atomic mass is 10.0. The highest BCUT2D eigenvalue weighted by Gasteiger charge is 2.21. The Balaban J connectivity index is 1.51. The fraction of sp³-hybridized carbons (Fsp3) is 0.529. The number of H-pyrrole nitrogens is 1. The van der Waals surface area contributed by atoms with Gasteiger partial charge < -0.3 is 15.1 Å². The molecule has 1 saturated heterocycles. The zero-order valence-corrected chi connectivity index (χ0v) is 13.9. The van der Waals surface area contributed by atoms with E-state index in [0.29, 0.717) is 5.56 Å². The highest BCUT2D eigenvalue weighted by molar-refractivity contribution is 5.98. The molecule has 1 fully saturated rings. The van der Waals surface area contributed by atoms with Gasteiger partial charge in [-0.3, -0.25) is 9.89 Å². The second kappa shape index (κ2) is 7.10. The van der Waals surface area contributed by atoms with E-state index in [1.54, 1.807) is 6.20 Å². The number of amides is 1. The third-order valence-corrected chi connectivity index (χ3v) is 4.49. The number of piperidine rings is 1. The molecule has 0 spiro atoms. The summed E-state index contributed by atoms with van der Waals surface area (Å²) in [6.07, 6.45) is 3.79. The van der Waals surface area contributed by atoms with Gasteiger partial charge in [-0.2, -0.15) is 5.10 Å². The maximum absolute atomic E-state index is 12.4. The van der Waals surface area contributed by atoms with Crippen molar-refractivity contribution in [2.45, 2.75) is 18.9 Å². The molecule has 0 unspecified atom stereocenters. The largest absolute Gasteiger partial charge is 0.349 e. The number of carbonyl (C=O) groups is 1. The first-order valence-electron chi connectivity index (χ1n) is 8.23. The summed E-state index contributed by atoms with van der Waals surface area (Å²) >= 11 is 0. The van der Waals surface area contributed by atoms with Gasteiger partial charge in [0.05, 0.1) is 11.7 Å². The summed E-state index contributed by atoms with van der Waals surface area (Å²) in [4.78, 5) is 17.1. The first-order valence-corrected chi connectivity index (χ1v) is 8.23. The van der Waals surface area contributed by atoms with Crippen LogP contribution >= 0.6 is 0 Å². The molecule has 2 aromatic rings. The lowest BCUT2D eigenvalue weighted by molar-refractivity contribution is 0.0909. The number of likely N-dealkylation sites (tertiary alicyclic amines) is 1. The van der Waals surface area contributed by atoms with Gasteiger partial charge in [-0.1, -0.05) is 0 Å². The zero-order valence-electron chi connectivity index (χ0n) is 13.9. The van der Waals surface area contributed by atoms with Crippen LogP contribution in [0.5, 0.6) is 0 Å². The fourth-order valence-electron chi connectivity index (χ4n) is 3.00. The van der Waals surface area contributed by atoms with Crippen molar-refractivity contribution in [2.24, 2.45) is 0 Å². The number of benzene rings is 1. The van der Waals surface area contributed by atoms with Crippen molar-refractivity contribution in [2.75, 3.05) is 40.3 Å². The molecule has 1 aromatic carbocycles. The molecule has 0 atom stereocenters. The van der Waals surface area contributed by atoms with E-state index in [1.807, 2.05) is 18.2 Å². The molecule has 1 aromatic heterocycles. The number of carbonyl (C=O) groups excluding carboxylic acids is 1. The topological polar surface area (TPSA) is 64.3 Å². The van der Waals surface area contributed by atoms with Crippen molar-refractivity contribution >= 4 is 16.8 Å². The van der Waals surface area contributed by atoms with Crippen LogP contribution in [0, 0.1) is 0 Å². The number of nitrogens with one attached hydrogen (secondary N) is 2. The van der Waals surface area contributed by atoms with Gasteiger partial charge in [0, 0.05) is 43.2 Å². The second-order valence-corrected chi connectivity index (χ2v) is 6.56. The molecule has 3 rings (SSSR count). The minimum Gasteiger partial charge on any atom is -0.349 e. The number of hydrogen-bond donors (Lipinski definition) is 2. The van der Waals surface area contributed by atoms with Gasteiger partial charge in [0.2, 0.25) is 0 Å². The van der Waals surface area contributed by atoms with Gasteiger partial charge in [-0.15, -0.1) is 0 Å². The fourth-order valence-corrected chi connectivity index (χ4v) is 3.00. The summed E-state index contributed by atoms with van der Waals surface area (Å²) in [7, 11) is 4.20. The minimum atomic E-state index is 0.0137. The number of likely N-dealkylation sites (N-methyl/N-ethyl adjacent to an activating group) is 1. The van der Waals surface area contributed by atoms with Crippen LogP contribution in [-0.2, 0) is 0 Å². The monoisotopic (exact) mass is 315 g/mol. The molecule has 1 aliphatic heterocycles. The molecule has 0 radical (unpaired) electrons. The van der Waals surface area contributed by atoms with Crippen LogP contribution in [-0.4, -0.2) is 72.2 Å². The number of rotatable bonds is 5. The van der Waals surface area contributed by atoms with Crippen molar-refractivity contribution in [1.82, 2.24) is 25.3 Å².